The Kier molecular flexibility index (Phi) is 3.11. The summed E-state index contributed by atoms with van der Waals surface area (Å²) in [5, 5.41) is 2.82. The van der Waals surface area contributed by atoms with E-state index >= 15 is 0 Å². The van der Waals surface area contributed by atoms with Crippen LogP contribution in [0.3, 0.4) is 0 Å². The Morgan fingerprint density at radius 2 is 2.19 bits per heavy atom. The number of anilines is 1. The maximum Gasteiger partial charge on any atom is 0.241 e. The van der Waals surface area contributed by atoms with Crippen molar-refractivity contribution in [3.8, 4) is 0 Å². The zero-order valence-corrected chi connectivity index (χ0v) is 9.92. The Morgan fingerprint density at radius 1 is 1.44 bits per heavy atom. The van der Waals surface area contributed by atoms with E-state index in [1.54, 1.807) is 7.05 Å². The van der Waals surface area contributed by atoms with E-state index in [9.17, 15) is 8.42 Å². The van der Waals surface area contributed by atoms with Crippen molar-refractivity contribution in [3.05, 3.63) is 18.3 Å². The standard InChI is InChI=1S/C10H15N3O2S/c1-11-10-7-9(5-6-12-10)16(14,15)13-8-3-2-4-8/h5-8,13H,2-4H2,1H3,(H,11,12). The van der Waals surface area contributed by atoms with E-state index in [0.29, 0.717) is 5.82 Å². The Hall–Kier alpha value is -1.14. The van der Waals surface area contributed by atoms with Crippen LogP contribution in [0, 0.1) is 0 Å². The van der Waals surface area contributed by atoms with Crippen LogP contribution in [0.1, 0.15) is 19.3 Å². The van der Waals surface area contributed by atoms with Gasteiger partial charge in [-0.3, -0.25) is 0 Å². The van der Waals surface area contributed by atoms with Gasteiger partial charge in [-0.15, -0.1) is 0 Å². The fraction of sp³-hybridized carbons (Fsp3) is 0.500. The van der Waals surface area contributed by atoms with E-state index in [-0.39, 0.29) is 10.9 Å². The van der Waals surface area contributed by atoms with Gasteiger partial charge < -0.3 is 5.32 Å². The van der Waals surface area contributed by atoms with Crippen molar-refractivity contribution < 1.29 is 8.42 Å². The van der Waals surface area contributed by atoms with Crippen molar-refractivity contribution >= 4 is 15.8 Å². The highest BCUT2D eigenvalue weighted by atomic mass is 32.2. The van der Waals surface area contributed by atoms with Crippen LogP contribution >= 0.6 is 0 Å². The van der Waals surface area contributed by atoms with Gasteiger partial charge in [0.25, 0.3) is 0 Å². The van der Waals surface area contributed by atoms with Crippen LogP contribution in [0.4, 0.5) is 5.82 Å². The maximum atomic E-state index is 11.9. The summed E-state index contributed by atoms with van der Waals surface area (Å²) in [5.74, 6) is 0.552. The molecule has 2 N–H and O–H groups in total. The smallest absolute Gasteiger partial charge is 0.241 e. The summed E-state index contributed by atoms with van der Waals surface area (Å²) in [5.41, 5.74) is 0. The molecule has 1 saturated carbocycles. The molecular formula is C10H15N3O2S. The molecule has 88 valence electrons. The van der Waals surface area contributed by atoms with Gasteiger partial charge in [-0.1, -0.05) is 6.42 Å². The van der Waals surface area contributed by atoms with Gasteiger partial charge in [0.15, 0.2) is 0 Å². The third-order valence-electron chi connectivity index (χ3n) is 2.72. The molecule has 5 nitrogen and oxygen atoms in total. The van der Waals surface area contributed by atoms with Gasteiger partial charge in [-0.25, -0.2) is 18.1 Å². The molecule has 1 aromatic rings. The second-order valence-corrected chi connectivity index (χ2v) is 5.59. The predicted octanol–water partition coefficient (Wildman–Crippen LogP) is 0.954. The van der Waals surface area contributed by atoms with Crippen LogP contribution < -0.4 is 10.0 Å². The highest BCUT2D eigenvalue weighted by Crippen LogP contribution is 2.21. The van der Waals surface area contributed by atoms with E-state index in [0.717, 1.165) is 19.3 Å². The molecule has 0 radical (unpaired) electrons. The topological polar surface area (TPSA) is 71.1 Å². The number of aromatic nitrogens is 1. The molecule has 0 unspecified atom stereocenters. The quantitative estimate of drug-likeness (QED) is 0.823. The minimum atomic E-state index is -3.38. The molecule has 0 saturated heterocycles. The number of pyridine rings is 1. The molecule has 2 rings (SSSR count). The largest absolute Gasteiger partial charge is 0.373 e. The van der Waals surface area contributed by atoms with Crippen LogP contribution in [0.2, 0.25) is 0 Å². The summed E-state index contributed by atoms with van der Waals surface area (Å²) in [6, 6.07) is 3.14. The molecule has 0 aliphatic heterocycles. The summed E-state index contributed by atoms with van der Waals surface area (Å²) in [6.07, 6.45) is 4.46. The summed E-state index contributed by atoms with van der Waals surface area (Å²) < 4.78 is 26.6. The van der Waals surface area contributed by atoms with Crippen molar-refractivity contribution in [1.82, 2.24) is 9.71 Å². The first-order valence-corrected chi connectivity index (χ1v) is 6.76. The second-order valence-electron chi connectivity index (χ2n) is 3.88. The third-order valence-corrected chi connectivity index (χ3v) is 4.24. The zero-order chi connectivity index (χ0) is 11.6. The predicted molar refractivity (Wildman–Crippen MR) is 61.7 cm³/mol. The van der Waals surface area contributed by atoms with Crippen LogP contribution in [0.15, 0.2) is 23.2 Å². The highest BCUT2D eigenvalue weighted by molar-refractivity contribution is 7.89. The van der Waals surface area contributed by atoms with Crippen LogP contribution in [-0.4, -0.2) is 26.5 Å². The highest BCUT2D eigenvalue weighted by Gasteiger charge is 2.24. The molecule has 0 amide bonds. The lowest BCUT2D eigenvalue weighted by molar-refractivity contribution is 0.383. The normalized spacial score (nSPS) is 16.8. The van der Waals surface area contributed by atoms with E-state index in [1.165, 1.54) is 18.3 Å². The zero-order valence-electron chi connectivity index (χ0n) is 9.10. The number of nitrogens with one attached hydrogen (secondary N) is 2. The van der Waals surface area contributed by atoms with Gasteiger partial charge in [0, 0.05) is 25.4 Å². The third kappa shape index (κ3) is 2.33. The molecule has 0 spiro atoms. The molecule has 0 bridgehead atoms. The van der Waals surface area contributed by atoms with Gasteiger partial charge in [0.1, 0.15) is 5.82 Å². The molecule has 0 atom stereocenters. The molecule has 0 aromatic carbocycles. The number of hydrogen-bond acceptors (Lipinski definition) is 4. The van der Waals surface area contributed by atoms with Crippen molar-refractivity contribution in [1.29, 1.82) is 0 Å². The first-order chi connectivity index (χ1) is 7.62. The molecule has 1 heterocycles. The SMILES string of the molecule is CNc1cc(S(=O)(=O)NC2CCC2)ccn1. The van der Waals surface area contributed by atoms with Gasteiger partial charge in [0.05, 0.1) is 4.90 Å². The molecule has 1 aromatic heterocycles. The summed E-state index contributed by atoms with van der Waals surface area (Å²) >= 11 is 0. The molecule has 1 aliphatic rings. The minimum Gasteiger partial charge on any atom is -0.373 e. The second kappa shape index (κ2) is 4.39. The Balaban J connectivity index is 2.20. The van der Waals surface area contributed by atoms with Gasteiger partial charge in [-0.05, 0) is 18.9 Å². The number of hydrogen-bond donors (Lipinski definition) is 2. The number of nitrogens with zero attached hydrogens (tertiary/aromatic N) is 1. The van der Waals surface area contributed by atoms with Crippen LogP contribution in [-0.2, 0) is 10.0 Å². The molecule has 6 heteroatoms. The summed E-state index contributed by atoms with van der Waals surface area (Å²) in [6.45, 7) is 0. The number of sulfonamides is 1. The minimum absolute atomic E-state index is 0.108. The van der Waals surface area contributed by atoms with Crippen LogP contribution in [0.25, 0.3) is 0 Å². The van der Waals surface area contributed by atoms with Crippen molar-refractivity contribution in [2.45, 2.75) is 30.2 Å². The summed E-state index contributed by atoms with van der Waals surface area (Å²) in [4.78, 5) is 4.24. The fourth-order valence-electron chi connectivity index (χ4n) is 1.53. The molecular weight excluding hydrogens is 226 g/mol. The van der Waals surface area contributed by atoms with Crippen molar-refractivity contribution in [3.63, 3.8) is 0 Å². The molecule has 1 fully saturated rings. The van der Waals surface area contributed by atoms with Crippen molar-refractivity contribution in [2.24, 2.45) is 0 Å². The van der Waals surface area contributed by atoms with Crippen LogP contribution in [0.5, 0.6) is 0 Å². The first kappa shape index (κ1) is 11.3. The van der Waals surface area contributed by atoms with E-state index in [4.69, 9.17) is 0 Å². The average molecular weight is 241 g/mol. The van der Waals surface area contributed by atoms with E-state index in [2.05, 4.69) is 15.0 Å². The van der Waals surface area contributed by atoms with Gasteiger partial charge in [0.2, 0.25) is 10.0 Å². The Morgan fingerprint density at radius 3 is 2.75 bits per heavy atom. The maximum absolute atomic E-state index is 11.9. The lowest BCUT2D eigenvalue weighted by Gasteiger charge is -2.26. The van der Waals surface area contributed by atoms with Gasteiger partial charge in [-0.2, -0.15) is 0 Å². The Labute approximate surface area is 95.3 Å². The lowest BCUT2D eigenvalue weighted by Crippen LogP contribution is -2.39. The fourth-order valence-corrected chi connectivity index (χ4v) is 2.85. The van der Waals surface area contributed by atoms with E-state index < -0.39 is 10.0 Å². The Bertz CT molecular complexity index is 469. The molecule has 1 aliphatic carbocycles. The summed E-state index contributed by atoms with van der Waals surface area (Å²) in [7, 11) is -1.68. The number of rotatable bonds is 4. The average Bonchev–Trinajstić information content (AvgIpc) is 2.24. The first-order valence-electron chi connectivity index (χ1n) is 5.28. The van der Waals surface area contributed by atoms with E-state index in [1.807, 2.05) is 0 Å². The molecule has 16 heavy (non-hydrogen) atoms. The lowest BCUT2D eigenvalue weighted by atomic mass is 9.94. The van der Waals surface area contributed by atoms with Crippen molar-refractivity contribution in [2.75, 3.05) is 12.4 Å². The monoisotopic (exact) mass is 241 g/mol. The van der Waals surface area contributed by atoms with Gasteiger partial charge >= 0.3 is 0 Å².